The van der Waals surface area contributed by atoms with Crippen LogP contribution >= 0.6 is 0 Å². The van der Waals surface area contributed by atoms with Gasteiger partial charge in [0.1, 0.15) is 11.6 Å². The van der Waals surface area contributed by atoms with Gasteiger partial charge >= 0.3 is 5.97 Å². The molecular formula is C22H24N2O4. The average molecular weight is 380 g/mol. The van der Waals surface area contributed by atoms with E-state index in [4.69, 9.17) is 4.74 Å². The molecule has 0 radical (unpaired) electrons. The van der Waals surface area contributed by atoms with Gasteiger partial charge in [-0.2, -0.15) is 0 Å². The number of carbonyl (C=O) groups excluding carboxylic acids is 3. The fourth-order valence-electron chi connectivity index (χ4n) is 3.80. The number of ether oxygens (including phenoxy) is 1. The second-order valence-corrected chi connectivity index (χ2v) is 7.15. The van der Waals surface area contributed by atoms with Gasteiger partial charge in [0.25, 0.3) is 0 Å². The molecule has 2 aromatic rings. The van der Waals surface area contributed by atoms with Gasteiger partial charge in [0, 0.05) is 19.8 Å². The van der Waals surface area contributed by atoms with Crippen LogP contribution in [-0.4, -0.2) is 36.5 Å². The normalized spacial score (nSPS) is 15.2. The SMILES string of the molecule is COC(=O)[C@@H](C)NC(=O)C1(NC(C)=O)Cc2ccccc2-c2ccccc2C1. The molecule has 1 aliphatic rings. The summed E-state index contributed by atoms with van der Waals surface area (Å²) < 4.78 is 4.71. The van der Waals surface area contributed by atoms with Crippen molar-refractivity contribution in [2.45, 2.75) is 38.3 Å². The Hall–Kier alpha value is -3.15. The lowest BCUT2D eigenvalue weighted by Crippen LogP contribution is -2.62. The van der Waals surface area contributed by atoms with Crippen molar-refractivity contribution in [3.8, 4) is 11.1 Å². The van der Waals surface area contributed by atoms with Crippen LogP contribution in [0.4, 0.5) is 0 Å². The van der Waals surface area contributed by atoms with E-state index in [9.17, 15) is 14.4 Å². The molecule has 28 heavy (non-hydrogen) atoms. The Kier molecular flexibility index (Phi) is 5.49. The highest BCUT2D eigenvalue weighted by atomic mass is 16.5. The summed E-state index contributed by atoms with van der Waals surface area (Å²) in [5, 5.41) is 5.58. The number of hydrogen-bond donors (Lipinski definition) is 2. The highest BCUT2D eigenvalue weighted by Gasteiger charge is 2.43. The standard InChI is InChI=1S/C22H24N2O4/c1-14(20(26)28-3)23-21(27)22(24-15(2)25)12-16-8-4-6-10-18(16)19-11-7-5-9-17(19)13-22/h4-11,14H,12-13H2,1-3H3,(H,23,27)(H,24,25)/t14-/m1/s1. The molecule has 146 valence electrons. The maximum atomic E-state index is 13.3. The first-order valence-corrected chi connectivity index (χ1v) is 9.20. The van der Waals surface area contributed by atoms with Gasteiger partial charge in [-0.3, -0.25) is 9.59 Å². The maximum Gasteiger partial charge on any atom is 0.328 e. The fourth-order valence-corrected chi connectivity index (χ4v) is 3.80. The van der Waals surface area contributed by atoms with Gasteiger partial charge in [-0.25, -0.2) is 4.79 Å². The first kappa shape index (κ1) is 19.6. The van der Waals surface area contributed by atoms with Crippen molar-refractivity contribution in [3.05, 3.63) is 59.7 Å². The molecule has 2 amide bonds. The summed E-state index contributed by atoms with van der Waals surface area (Å²) in [4.78, 5) is 37.2. The minimum atomic E-state index is -1.21. The molecule has 3 rings (SSSR count). The van der Waals surface area contributed by atoms with Crippen LogP contribution in [0.3, 0.4) is 0 Å². The number of carbonyl (C=O) groups is 3. The molecular weight excluding hydrogens is 356 g/mol. The molecule has 0 unspecified atom stereocenters. The molecule has 1 aliphatic carbocycles. The van der Waals surface area contributed by atoms with Crippen LogP contribution in [0.15, 0.2) is 48.5 Å². The lowest BCUT2D eigenvalue weighted by molar-refractivity contribution is -0.145. The monoisotopic (exact) mass is 380 g/mol. The second-order valence-electron chi connectivity index (χ2n) is 7.15. The highest BCUT2D eigenvalue weighted by Crippen LogP contribution is 2.36. The molecule has 2 N–H and O–H groups in total. The topological polar surface area (TPSA) is 84.5 Å². The summed E-state index contributed by atoms with van der Waals surface area (Å²) in [6.45, 7) is 2.95. The summed E-state index contributed by atoms with van der Waals surface area (Å²) >= 11 is 0. The van der Waals surface area contributed by atoms with Gasteiger partial charge in [0.15, 0.2) is 0 Å². The highest BCUT2D eigenvalue weighted by molar-refractivity contribution is 5.95. The van der Waals surface area contributed by atoms with Crippen molar-refractivity contribution in [1.29, 1.82) is 0 Å². The number of methoxy groups -OCH3 is 1. The fraction of sp³-hybridized carbons (Fsp3) is 0.318. The Labute approximate surface area is 164 Å². The third-order valence-electron chi connectivity index (χ3n) is 5.06. The van der Waals surface area contributed by atoms with Crippen LogP contribution < -0.4 is 10.6 Å². The minimum Gasteiger partial charge on any atom is -0.467 e. The number of nitrogens with one attached hydrogen (secondary N) is 2. The number of benzene rings is 2. The maximum absolute atomic E-state index is 13.3. The zero-order valence-electron chi connectivity index (χ0n) is 16.2. The van der Waals surface area contributed by atoms with E-state index in [1.165, 1.54) is 14.0 Å². The number of amides is 2. The molecule has 6 nitrogen and oxygen atoms in total. The van der Waals surface area contributed by atoms with Gasteiger partial charge in [0.05, 0.1) is 7.11 Å². The van der Waals surface area contributed by atoms with E-state index in [0.29, 0.717) is 12.8 Å². The molecule has 0 aliphatic heterocycles. The van der Waals surface area contributed by atoms with Crippen molar-refractivity contribution in [2.24, 2.45) is 0 Å². The van der Waals surface area contributed by atoms with E-state index in [-0.39, 0.29) is 5.91 Å². The van der Waals surface area contributed by atoms with E-state index in [2.05, 4.69) is 10.6 Å². The summed E-state index contributed by atoms with van der Waals surface area (Å²) in [6.07, 6.45) is 0.633. The molecule has 0 fully saturated rings. The molecule has 2 aromatic carbocycles. The Morgan fingerprint density at radius 3 is 1.93 bits per heavy atom. The molecule has 1 atom stereocenters. The Morgan fingerprint density at radius 2 is 1.46 bits per heavy atom. The zero-order chi connectivity index (χ0) is 20.3. The predicted octanol–water partition coefficient (Wildman–Crippen LogP) is 2.00. The van der Waals surface area contributed by atoms with Crippen LogP contribution in [0, 0.1) is 0 Å². The summed E-state index contributed by atoms with van der Waals surface area (Å²) in [5.74, 6) is -1.26. The van der Waals surface area contributed by atoms with Crippen LogP contribution in [0.2, 0.25) is 0 Å². The molecule has 0 aromatic heterocycles. The lowest BCUT2D eigenvalue weighted by atomic mass is 9.85. The van der Waals surface area contributed by atoms with Crippen molar-refractivity contribution in [3.63, 3.8) is 0 Å². The van der Waals surface area contributed by atoms with E-state index < -0.39 is 23.5 Å². The number of rotatable bonds is 4. The van der Waals surface area contributed by atoms with Crippen molar-refractivity contribution in [1.82, 2.24) is 10.6 Å². The first-order valence-electron chi connectivity index (χ1n) is 9.20. The molecule has 0 spiro atoms. The van der Waals surface area contributed by atoms with Crippen molar-refractivity contribution < 1.29 is 19.1 Å². The first-order chi connectivity index (χ1) is 13.4. The second kappa shape index (κ2) is 7.84. The molecule has 6 heteroatoms. The van der Waals surface area contributed by atoms with Gasteiger partial charge in [-0.15, -0.1) is 0 Å². The smallest absolute Gasteiger partial charge is 0.328 e. The van der Waals surface area contributed by atoms with Crippen LogP contribution in [0.25, 0.3) is 11.1 Å². The Morgan fingerprint density at radius 1 is 0.964 bits per heavy atom. The third-order valence-corrected chi connectivity index (χ3v) is 5.06. The van der Waals surface area contributed by atoms with Crippen LogP contribution in [0.5, 0.6) is 0 Å². The van der Waals surface area contributed by atoms with E-state index in [0.717, 1.165) is 22.3 Å². The van der Waals surface area contributed by atoms with E-state index in [1.54, 1.807) is 6.92 Å². The van der Waals surface area contributed by atoms with Gasteiger partial charge in [0.2, 0.25) is 11.8 Å². The minimum absolute atomic E-state index is 0.308. The van der Waals surface area contributed by atoms with E-state index in [1.807, 2.05) is 48.5 Å². The van der Waals surface area contributed by atoms with Crippen molar-refractivity contribution >= 4 is 17.8 Å². The number of hydrogen-bond acceptors (Lipinski definition) is 4. The molecule has 0 heterocycles. The molecule has 0 saturated heterocycles. The quantitative estimate of drug-likeness (QED) is 0.795. The summed E-state index contributed by atoms with van der Waals surface area (Å²) in [6, 6.07) is 14.9. The van der Waals surface area contributed by atoms with Gasteiger partial charge < -0.3 is 15.4 Å². The lowest BCUT2D eigenvalue weighted by Gasteiger charge is -2.33. The van der Waals surface area contributed by atoms with Crippen LogP contribution in [0.1, 0.15) is 25.0 Å². The van der Waals surface area contributed by atoms with E-state index >= 15 is 0 Å². The summed E-state index contributed by atoms with van der Waals surface area (Å²) in [5.41, 5.74) is 2.79. The van der Waals surface area contributed by atoms with Gasteiger partial charge in [-0.05, 0) is 29.2 Å². The Bertz CT molecular complexity index is 875. The number of fused-ring (bicyclic) bond motifs is 3. The van der Waals surface area contributed by atoms with Crippen LogP contribution in [-0.2, 0) is 32.0 Å². The van der Waals surface area contributed by atoms with Gasteiger partial charge in [-0.1, -0.05) is 48.5 Å². The predicted molar refractivity (Wildman–Crippen MR) is 105 cm³/mol. The third kappa shape index (κ3) is 3.76. The largest absolute Gasteiger partial charge is 0.467 e. The molecule has 0 bridgehead atoms. The zero-order valence-corrected chi connectivity index (χ0v) is 16.2. The Balaban J connectivity index is 2.10. The molecule has 0 saturated carbocycles. The van der Waals surface area contributed by atoms with Crippen molar-refractivity contribution in [2.75, 3.05) is 7.11 Å². The average Bonchev–Trinajstić information content (AvgIpc) is 2.81. The number of esters is 1. The summed E-state index contributed by atoms with van der Waals surface area (Å²) in [7, 11) is 1.27.